The molecule has 0 radical (unpaired) electrons. The minimum absolute atomic E-state index is 0.404. The average Bonchev–Trinajstić information content (AvgIpc) is 1.99. The fourth-order valence-electron chi connectivity index (χ4n) is 1.18. The average molecular weight is 230 g/mol. The van der Waals surface area contributed by atoms with Crippen molar-refractivity contribution in [2.24, 2.45) is 11.8 Å². The van der Waals surface area contributed by atoms with Crippen LogP contribution in [0, 0.1) is 11.8 Å². The van der Waals surface area contributed by atoms with E-state index in [1.54, 1.807) is 34.6 Å². The Labute approximate surface area is 94.8 Å². The summed E-state index contributed by atoms with van der Waals surface area (Å²) in [6.07, 6.45) is 0. The molecule has 0 aromatic carbocycles. The lowest BCUT2D eigenvalue weighted by Gasteiger charge is -2.24. The minimum Gasteiger partial charge on any atom is -0.475 e. The lowest BCUT2D eigenvalue weighted by atomic mass is 9.91. The smallest absolute Gasteiger partial charge is 0.373 e. The summed E-state index contributed by atoms with van der Waals surface area (Å²) >= 11 is 0. The van der Waals surface area contributed by atoms with Crippen molar-refractivity contribution in [2.75, 3.05) is 0 Å². The summed E-state index contributed by atoms with van der Waals surface area (Å²) in [7, 11) is 0. The fraction of sp³-hybridized carbons (Fsp3) is 0.727. The zero-order valence-electron chi connectivity index (χ0n) is 10.2. The van der Waals surface area contributed by atoms with E-state index in [2.05, 4.69) is 0 Å². The van der Waals surface area contributed by atoms with Crippen molar-refractivity contribution in [1.82, 2.24) is 0 Å². The third-order valence-corrected chi connectivity index (χ3v) is 1.82. The lowest BCUT2D eigenvalue weighted by molar-refractivity contribution is -0.168. The molecule has 5 heteroatoms. The molecule has 1 unspecified atom stereocenters. The first-order chi connectivity index (χ1) is 7.06. The van der Waals surface area contributed by atoms with E-state index in [1.807, 2.05) is 0 Å². The number of carbonyl (C=O) groups is 3. The van der Waals surface area contributed by atoms with Crippen LogP contribution in [0.2, 0.25) is 0 Å². The first-order valence-corrected chi connectivity index (χ1v) is 5.06. The Morgan fingerprint density at radius 2 is 1.56 bits per heavy atom. The number of rotatable bonds is 4. The van der Waals surface area contributed by atoms with Crippen LogP contribution in [0.1, 0.15) is 34.6 Å². The second-order valence-corrected chi connectivity index (χ2v) is 4.92. The molecule has 0 saturated carbocycles. The molecule has 0 heterocycles. The van der Waals surface area contributed by atoms with E-state index >= 15 is 0 Å². The molecule has 92 valence electrons. The summed E-state index contributed by atoms with van der Waals surface area (Å²) in [5.41, 5.74) is -0.733. The van der Waals surface area contributed by atoms with E-state index in [4.69, 9.17) is 9.84 Å². The molecule has 0 fully saturated rings. The molecule has 0 aromatic heterocycles. The van der Waals surface area contributed by atoms with Crippen molar-refractivity contribution >= 4 is 17.7 Å². The first-order valence-electron chi connectivity index (χ1n) is 5.06. The van der Waals surface area contributed by atoms with Gasteiger partial charge in [-0.1, -0.05) is 13.8 Å². The Hall–Kier alpha value is -1.39. The van der Waals surface area contributed by atoms with Crippen molar-refractivity contribution in [3.8, 4) is 0 Å². The minimum atomic E-state index is -1.61. The van der Waals surface area contributed by atoms with Crippen molar-refractivity contribution < 1.29 is 24.2 Å². The van der Waals surface area contributed by atoms with Crippen LogP contribution in [0.3, 0.4) is 0 Å². The standard InChI is InChI=1S/C11H18O5/c1-6(2)7(8(12)9(13)14)10(15)16-11(3,4)5/h6-7H,1-5H3,(H,13,14). The highest BCUT2D eigenvalue weighted by atomic mass is 16.6. The van der Waals surface area contributed by atoms with Gasteiger partial charge in [-0.05, 0) is 26.7 Å². The van der Waals surface area contributed by atoms with E-state index in [0.29, 0.717) is 0 Å². The maximum Gasteiger partial charge on any atom is 0.373 e. The van der Waals surface area contributed by atoms with Crippen molar-refractivity contribution in [3.05, 3.63) is 0 Å². The third-order valence-electron chi connectivity index (χ3n) is 1.82. The van der Waals surface area contributed by atoms with Gasteiger partial charge in [-0.25, -0.2) is 4.79 Å². The molecule has 0 aromatic rings. The number of aliphatic carboxylic acids is 1. The van der Waals surface area contributed by atoms with Gasteiger partial charge in [-0.2, -0.15) is 0 Å². The van der Waals surface area contributed by atoms with Crippen LogP contribution < -0.4 is 0 Å². The zero-order chi connectivity index (χ0) is 13.1. The number of Topliss-reactive ketones (excluding diaryl/α,β-unsaturated/α-hetero) is 1. The van der Waals surface area contributed by atoms with E-state index in [-0.39, 0.29) is 0 Å². The molecule has 16 heavy (non-hydrogen) atoms. The largest absolute Gasteiger partial charge is 0.475 e. The number of hydrogen-bond donors (Lipinski definition) is 1. The summed E-state index contributed by atoms with van der Waals surface area (Å²) in [5, 5.41) is 8.59. The second kappa shape index (κ2) is 5.09. The molecule has 1 atom stereocenters. The van der Waals surface area contributed by atoms with Gasteiger partial charge in [-0.15, -0.1) is 0 Å². The molecule has 0 saturated heterocycles. The summed E-state index contributed by atoms with van der Waals surface area (Å²) in [4.78, 5) is 33.5. The van der Waals surface area contributed by atoms with Crippen LogP contribution in [-0.4, -0.2) is 28.4 Å². The van der Waals surface area contributed by atoms with Crippen LogP contribution in [0.5, 0.6) is 0 Å². The molecule has 0 spiro atoms. The second-order valence-electron chi connectivity index (χ2n) is 4.92. The highest BCUT2D eigenvalue weighted by Gasteiger charge is 2.37. The number of carboxylic acid groups (broad SMARTS) is 1. The van der Waals surface area contributed by atoms with E-state index in [1.165, 1.54) is 0 Å². The number of hydrogen-bond acceptors (Lipinski definition) is 4. The molecule has 0 rings (SSSR count). The third kappa shape index (κ3) is 4.42. The number of ketones is 1. The van der Waals surface area contributed by atoms with Crippen molar-refractivity contribution in [2.45, 2.75) is 40.2 Å². The summed E-state index contributed by atoms with van der Waals surface area (Å²) in [6, 6.07) is 0. The predicted molar refractivity (Wildman–Crippen MR) is 56.8 cm³/mol. The van der Waals surface area contributed by atoms with Crippen molar-refractivity contribution in [3.63, 3.8) is 0 Å². The van der Waals surface area contributed by atoms with E-state index in [0.717, 1.165) is 0 Å². The molecular formula is C11H18O5. The molecule has 0 aliphatic heterocycles. The van der Waals surface area contributed by atoms with Crippen molar-refractivity contribution in [1.29, 1.82) is 0 Å². The van der Waals surface area contributed by atoms with Gasteiger partial charge in [0.05, 0.1) is 0 Å². The normalized spacial score (nSPS) is 13.4. The highest BCUT2D eigenvalue weighted by Crippen LogP contribution is 2.18. The molecule has 1 N–H and O–H groups in total. The lowest BCUT2D eigenvalue weighted by Crippen LogP contribution is -2.38. The van der Waals surface area contributed by atoms with Gasteiger partial charge in [0.15, 0.2) is 0 Å². The Kier molecular flexibility index (Phi) is 4.65. The summed E-state index contributed by atoms with van der Waals surface area (Å²) in [5.74, 6) is -5.15. The number of carbonyl (C=O) groups excluding carboxylic acids is 2. The number of ether oxygens (including phenoxy) is 1. The molecule has 5 nitrogen and oxygen atoms in total. The number of carboxylic acids is 1. The summed E-state index contributed by atoms with van der Waals surface area (Å²) < 4.78 is 5.01. The first kappa shape index (κ1) is 14.6. The topological polar surface area (TPSA) is 80.7 Å². The monoisotopic (exact) mass is 230 g/mol. The predicted octanol–water partition coefficient (Wildman–Crippen LogP) is 1.25. The van der Waals surface area contributed by atoms with Gasteiger partial charge in [-0.3, -0.25) is 9.59 Å². The molecule has 0 amide bonds. The number of esters is 1. The molecular weight excluding hydrogens is 212 g/mol. The van der Waals surface area contributed by atoms with Crippen LogP contribution in [0.4, 0.5) is 0 Å². The fourth-order valence-corrected chi connectivity index (χ4v) is 1.18. The maximum atomic E-state index is 11.6. The Morgan fingerprint density at radius 3 is 1.81 bits per heavy atom. The Bertz CT molecular complexity index is 298. The molecule has 0 aliphatic carbocycles. The van der Waals surface area contributed by atoms with Gasteiger partial charge in [0.1, 0.15) is 11.5 Å². The van der Waals surface area contributed by atoms with Gasteiger partial charge in [0.25, 0.3) is 5.78 Å². The van der Waals surface area contributed by atoms with Gasteiger partial charge < -0.3 is 9.84 Å². The van der Waals surface area contributed by atoms with Crippen LogP contribution in [-0.2, 0) is 19.1 Å². The molecule has 0 bridgehead atoms. The van der Waals surface area contributed by atoms with E-state index in [9.17, 15) is 14.4 Å². The Balaban J connectivity index is 4.88. The highest BCUT2D eigenvalue weighted by molar-refractivity contribution is 6.37. The molecule has 0 aliphatic rings. The SMILES string of the molecule is CC(C)C(C(=O)OC(C)(C)C)C(=O)C(=O)O. The van der Waals surface area contributed by atoms with Crippen LogP contribution in [0.15, 0.2) is 0 Å². The maximum absolute atomic E-state index is 11.6. The Morgan fingerprint density at radius 1 is 1.12 bits per heavy atom. The van der Waals surface area contributed by atoms with Gasteiger partial charge in [0.2, 0.25) is 0 Å². The zero-order valence-corrected chi connectivity index (χ0v) is 10.2. The summed E-state index contributed by atoms with van der Waals surface area (Å²) in [6.45, 7) is 8.19. The van der Waals surface area contributed by atoms with Crippen LogP contribution >= 0.6 is 0 Å². The van der Waals surface area contributed by atoms with E-state index < -0.39 is 35.2 Å². The van der Waals surface area contributed by atoms with Crippen LogP contribution in [0.25, 0.3) is 0 Å². The van der Waals surface area contributed by atoms with Gasteiger partial charge in [0, 0.05) is 0 Å². The quantitative estimate of drug-likeness (QED) is 0.446. The van der Waals surface area contributed by atoms with Gasteiger partial charge >= 0.3 is 11.9 Å².